The molecule has 0 spiro atoms. The zero-order valence-electron chi connectivity index (χ0n) is 7.69. The van der Waals surface area contributed by atoms with E-state index in [1.807, 2.05) is 25.1 Å². The molecule has 1 aliphatic heterocycles. The van der Waals surface area contributed by atoms with Gasteiger partial charge in [0.25, 0.3) is 0 Å². The smallest absolute Gasteiger partial charge is 0.213 e. The first-order chi connectivity index (χ1) is 6.34. The van der Waals surface area contributed by atoms with Gasteiger partial charge < -0.3 is 9.47 Å². The molecule has 0 N–H and O–H groups in total. The van der Waals surface area contributed by atoms with Crippen LogP contribution in [0.2, 0.25) is 0 Å². The normalized spacial score (nSPS) is 21.8. The van der Waals surface area contributed by atoms with Crippen LogP contribution in [0.1, 0.15) is 12.1 Å². The van der Waals surface area contributed by atoms with Crippen LogP contribution in [0.15, 0.2) is 18.2 Å². The lowest BCUT2D eigenvalue weighted by Crippen LogP contribution is -2.16. The van der Waals surface area contributed by atoms with Gasteiger partial charge in [-0.2, -0.15) is 0 Å². The number of aryl methyl sites for hydroxylation is 1. The minimum atomic E-state index is 0.189. The summed E-state index contributed by atoms with van der Waals surface area (Å²) in [7, 11) is 0. The molecule has 13 heavy (non-hydrogen) atoms. The van der Waals surface area contributed by atoms with Crippen LogP contribution in [0.4, 0.5) is 0 Å². The van der Waals surface area contributed by atoms with Crippen LogP contribution in [0.25, 0.3) is 0 Å². The summed E-state index contributed by atoms with van der Waals surface area (Å²) in [5.74, 6) is 0.704. The predicted octanol–water partition coefficient (Wildman–Crippen LogP) is 1.56. The number of rotatable bonds is 2. The Kier molecular flexibility index (Phi) is 2.45. The third-order valence-corrected chi connectivity index (χ3v) is 2.04. The molecular weight excluding hydrogens is 166 g/mol. The fraction of sp³-hybridized carbons (Fsp3) is 0.500. The second kappa shape index (κ2) is 3.75. The van der Waals surface area contributed by atoms with E-state index in [9.17, 15) is 0 Å². The Labute approximate surface area is 77.7 Å². The van der Waals surface area contributed by atoms with Crippen molar-refractivity contribution in [1.29, 1.82) is 0 Å². The van der Waals surface area contributed by atoms with Gasteiger partial charge in [-0.3, -0.25) is 0 Å². The molecule has 0 bridgehead atoms. The van der Waals surface area contributed by atoms with Crippen LogP contribution >= 0.6 is 0 Å². The van der Waals surface area contributed by atoms with E-state index >= 15 is 0 Å². The number of nitrogens with zero attached hydrogens (tertiary/aromatic N) is 1. The predicted molar refractivity (Wildman–Crippen MR) is 48.8 cm³/mol. The second-order valence-corrected chi connectivity index (χ2v) is 3.22. The summed E-state index contributed by atoms with van der Waals surface area (Å²) in [6.07, 6.45) is 1.16. The molecule has 2 heterocycles. The molecule has 0 radical (unpaired) electrons. The average Bonchev–Trinajstić information content (AvgIpc) is 2.57. The van der Waals surface area contributed by atoms with Crippen molar-refractivity contribution in [3.8, 4) is 5.88 Å². The number of ether oxygens (including phenoxy) is 2. The lowest BCUT2D eigenvalue weighted by molar-refractivity contribution is 0.138. The molecule has 3 nitrogen and oxygen atoms in total. The van der Waals surface area contributed by atoms with Crippen molar-refractivity contribution in [2.75, 3.05) is 13.2 Å². The minimum Gasteiger partial charge on any atom is -0.472 e. The van der Waals surface area contributed by atoms with E-state index in [1.54, 1.807) is 0 Å². The van der Waals surface area contributed by atoms with Gasteiger partial charge in [0.15, 0.2) is 0 Å². The highest BCUT2D eigenvalue weighted by Crippen LogP contribution is 2.14. The first kappa shape index (κ1) is 8.51. The Balaban J connectivity index is 2.00. The van der Waals surface area contributed by atoms with Crippen LogP contribution in [-0.2, 0) is 4.74 Å². The molecule has 1 atom stereocenters. The zero-order valence-corrected chi connectivity index (χ0v) is 7.69. The number of hydrogen-bond donors (Lipinski definition) is 0. The molecule has 1 unspecified atom stereocenters. The largest absolute Gasteiger partial charge is 0.472 e. The van der Waals surface area contributed by atoms with Crippen LogP contribution in [0.5, 0.6) is 5.88 Å². The van der Waals surface area contributed by atoms with Crippen molar-refractivity contribution in [2.24, 2.45) is 0 Å². The summed E-state index contributed by atoms with van der Waals surface area (Å²) in [6.45, 7) is 3.45. The first-order valence-corrected chi connectivity index (χ1v) is 4.52. The van der Waals surface area contributed by atoms with Gasteiger partial charge in [-0.25, -0.2) is 4.98 Å². The summed E-state index contributed by atoms with van der Waals surface area (Å²) >= 11 is 0. The second-order valence-electron chi connectivity index (χ2n) is 3.22. The molecule has 1 saturated heterocycles. The SMILES string of the molecule is Cc1cccc(OC2CCOC2)n1. The molecule has 1 aromatic heterocycles. The number of pyridine rings is 1. The lowest BCUT2D eigenvalue weighted by atomic mass is 10.3. The van der Waals surface area contributed by atoms with Gasteiger partial charge in [-0.05, 0) is 13.0 Å². The average molecular weight is 179 g/mol. The minimum absolute atomic E-state index is 0.189. The first-order valence-electron chi connectivity index (χ1n) is 4.52. The Hall–Kier alpha value is -1.09. The van der Waals surface area contributed by atoms with Crippen LogP contribution < -0.4 is 4.74 Å². The fourth-order valence-electron chi connectivity index (χ4n) is 1.36. The van der Waals surface area contributed by atoms with Crippen LogP contribution in [-0.4, -0.2) is 24.3 Å². The van der Waals surface area contributed by atoms with Crippen LogP contribution in [0.3, 0.4) is 0 Å². The van der Waals surface area contributed by atoms with E-state index < -0.39 is 0 Å². The van der Waals surface area contributed by atoms with Crippen molar-refractivity contribution in [1.82, 2.24) is 4.98 Å². The molecule has 1 aliphatic rings. The van der Waals surface area contributed by atoms with Gasteiger partial charge in [0.05, 0.1) is 13.2 Å². The fourth-order valence-corrected chi connectivity index (χ4v) is 1.36. The monoisotopic (exact) mass is 179 g/mol. The van der Waals surface area contributed by atoms with E-state index in [2.05, 4.69) is 4.98 Å². The summed E-state index contributed by atoms with van der Waals surface area (Å²) in [5, 5.41) is 0. The zero-order chi connectivity index (χ0) is 9.10. The lowest BCUT2D eigenvalue weighted by Gasteiger charge is -2.10. The van der Waals surface area contributed by atoms with E-state index in [1.165, 1.54) is 0 Å². The van der Waals surface area contributed by atoms with Gasteiger partial charge in [-0.15, -0.1) is 0 Å². The van der Waals surface area contributed by atoms with Gasteiger partial charge in [0.2, 0.25) is 5.88 Å². The summed E-state index contributed by atoms with van der Waals surface area (Å²) in [6, 6.07) is 5.79. The Bertz CT molecular complexity index is 282. The Morgan fingerprint density at radius 1 is 1.54 bits per heavy atom. The maximum Gasteiger partial charge on any atom is 0.213 e. The molecule has 70 valence electrons. The van der Waals surface area contributed by atoms with Crippen molar-refractivity contribution >= 4 is 0 Å². The highest BCUT2D eigenvalue weighted by atomic mass is 16.5. The maximum absolute atomic E-state index is 5.62. The van der Waals surface area contributed by atoms with Crippen molar-refractivity contribution < 1.29 is 9.47 Å². The van der Waals surface area contributed by atoms with Crippen molar-refractivity contribution in [2.45, 2.75) is 19.4 Å². The number of hydrogen-bond acceptors (Lipinski definition) is 3. The van der Waals surface area contributed by atoms with Crippen LogP contribution in [0, 0.1) is 6.92 Å². The summed E-state index contributed by atoms with van der Waals surface area (Å²) < 4.78 is 10.8. The Morgan fingerprint density at radius 2 is 2.46 bits per heavy atom. The highest BCUT2D eigenvalue weighted by molar-refractivity contribution is 5.14. The standard InChI is InChI=1S/C10H13NO2/c1-8-3-2-4-10(11-8)13-9-5-6-12-7-9/h2-4,9H,5-7H2,1H3. The molecule has 0 aromatic carbocycles. The van der Waals surface area contributed by atoms with E-state index in [0.29, 0.717) is 12.5 Å². The van der Waals surface area contributed by atoms with E-state index in [4.69, 9.17) is 9.47 Å². The number of aromatic nitrogens is 1. The topological polar surface area (TPSA) is 31.4 Å². The third-order valence-electron chi connectivity index (χ3n) is 2.04. The van der Waals surface area contributed by atoms with E-state index in [-0.39, 0.29) is 6.10 Å². The molecule has 0 aliphatic carbocycles. The quantitative estimate of drug-likeness (QED) is 0.690. The Morgan fingerprint density at radius 3 is 3.15 bits per heavy atom. The van der Waals surface area contributed by atoms with Gasteiger partial charge >= 0.3 is 0 Å². The van der Waals surface area contributed by atoms with Crippen molar-refractivity contribution in [3.63, 3.8) is 0 Å². The van der Waals surface area contributed by atoms with Gasteiger partial charge in [0, 0.05) is 18.2 Å². The third kappa shape index (κ3) is 2.18. The molecule has 2 rings (SSSR count). The van der Waals surface area contributed by atoms with Gasteiger partial charge in [0.1, 0.15) is 6.10 Å². The molecule has 3 heteroatoms. The molecular formula is C10H13NO2. The molecule has 1 fully saturated rings. The summed E-state index contributed by atoms with van der Waals surface area (Å²) in [5.41, 5.74) is 0.983. The maximum atomic E-state index is 5.62. The van der Waals surface area contributed by atoms with Crippen molar-refractivity contribution in [3.05, 3.63) is 23.9 Å². The molecule has 0 amide bonds. The molecule has 1 aromatic rings. The van der Waals surface area contributed by atoms with Gasteiger partial charge in [-0.1, -0.05) is 6.07 Å². The van der Waals surface area contributed by atoms with E-state index in [0.717, 1.165) is 18.7 Å². The summed E-state index contributed by atoms with van der Waals surface area (Å²) in [4.78, 5) is 4.26. The molecule has 0 saturated carbocycles. The highest BCUT2D eigenvalue weighted by Gasteiger charge is 2.17.